The van der Waals surface area contributed by atoms with Gasteiger partial charge < -0.3 is 18.9 Å². The number of hydrogen-bond donors (Lipinski definition) is 1. The highest BCUT2D eigenvalue weighted by Crippen LogP contribution is 2.43. The van der Waals surface area contributed by atoms with Crippen LogP contribution in [0.1, 0.15) is 258 Å². The Morgan fingerprint density at radius 3 is 1.25 bits per heavy atom. The predicted molar refractivity (Wildman–Crippen MR) is 289 cm³/mol. The van der Waals surface area contributed by atoms with Gasteiger partial charge in [-0.3, -0.25) is 18.6 Å². The Hall–Kier alpha value is -2.03. The smallest absolute Gasteiger partial charge is 0.462 e. The number of unbranched alkanes of at least 4 members (excludes halogenated alkanes) is 30. The molecular formula is C58H109NO8P+. The first-order chi connectivity index (χ1) is 33.0. The number of allylic oxidation sites excluding steroid dienone is 8. The first-order valence-corrected chi connectivity index (χ1v) is 29.9. The Bertz CT molecular complexity index is 1290. The third-order valence-corrected chi connectivity index (χ3v) is 13.4. The van der Waals surface area contributed by atoms with Gasteiger partial charge in [0.15, 0.2) is 6.10 Å². The number of quaternary nitrogens is 1. The summed E-state index contributed by atoms with van der Waals surface area (Å²) >= 11 is 0. The Kier molecular flexibility index (Phi) is 48.4. The number of nitrogens with zero attached hydrogens (tertiary/aromatic N) is 1. The number of phosphoric ester groups is 1. The minimum absolute atomic E-state index is 0.0328. The lowest BCUT2D eigenvalue weighted by Crippen LogP contribution is -2.37. The summed E-state index contributed by atoms with van der Waals surface area (Å²) in [5, 5.41) is 0. The molecule has 0 aromatic rings. The third kappa shape index (κ3) is 53.3. The van der Waals surface area contributed by atoms with Gasteiger partial charge in [0.1, 0.15) is 19.8 Å². The Morgan fingerprint density at radius 2 is 0.838 bits per heavy atom. The highest BCUT2D eigenvalue weighted by atomic mass is 31.2. The number of carbonyl (C=O) groups is 2. The molecule has 68 heavy (non-hydrogen) atoms. The molecule has 0 rings (SSSR count). The maximum absolute atomic E-state index is 12.8. The van der Waals surface area contributed by atoms with Gasteiger partial charge in [-0.15, -0.1) is 0 Å². The number of phosphoric acid groups is 1. The third-order valence-electron chi connectivity index (χ3n) is 12.4. The van der Waals surface area contributed by atoms with Crippen molar-refractivity contribution in [1.29, 1.82) is 0 Å². The Labute approximate surface area is 420 Å². The first-order valence-electron chi connectivity index (χ1n) is 28.4. The first kappa shape index (κ1) is 66.0. The topological polar surface area (TPSA) is 108 Å². The van der Waals surface area contributed by atoms with E-state index in [1.807, 2.05) is 21.1 Å². The molecule has 0 aromatic heterocycles. The van der Waals surface area contributed by atoms with E-state index in [4.69, 9.17) is 18.5 Å². The molecule has 1 N–H and O–H groups in total. The van der Waals surface area contributed by atoms with Crippen LogP contribution >= 0.6 is 7.82 Å². The van der Waals surface area contributed by atoms with Crippen LogP contribution in [-0.2, 0) is 32.7 Å². The standard InChI is InChI=1S/C58H108NO8P/c1-6-8-10-12-14-16-18-20-22-24-25-26-27-28-29-30-31-32-33-35-37-39-41-43-45-47-49-51-58(61)67-56(55-66-68(62,63)65-53-52-59(3,4)5)54-64-57(60)50-48-46-44-42-40-38-36-34-23-21-19-17-15-13-11-9-7-2/h8,10,14,16,20,22,25-26,56H,6-7,9,11-13,15,17-19,21,23-24,27-55H2,1-5H3/p+1/b10-8-,16-14-,22-20-,26-25-. The molecule has 0 spiro atoms. The van der Waals surface area contributed by atoms with Gasteiger partial charge in [-0.1, -0.05) is 242 Å². The van der Waals surface area contributed by atoms with Crippen molar-refractivity contribution in [2.75, 3.05) is 47.5 Å². The van der Waals surface area contributed by atoms with Crippen LogP contribution < -0.4 is 0 Å². The molecule has 0 saturated carbocycles. The van der Waals surface area contributed by atoms with E-state index >= 15 is 0 Å². The lowest BCUT2D eigenvalue weighted by atomic mass is 10.0. The summed E-state index contributed by atoms with van der Waals surface area (Å²) in [5.41, 5.74) is 0. The van der Waals surface area contributed by atoms with Gasteiger partial charge in [-0.05, 0) is 51.4 Å². The highest BCUT2D eigenvalue weighted by Gasteiger charge is 2.27. The molecule has 0 bridgehead atoms. The van der Waals surface area contributed by atoms with Crippen LogP contribution in [0.25, 0.3) is 0 Å². The van der Waals surface area contributed by atoms with Gasteiger partial charge in [0, 0.05) is 12.8 Å². The number of esters is 2. The second-order valence-electron chi connectivity index (χ2n) is 20.3. The molecule has 0 heterocycles. The number of hydrogen-bond acceptors (Lipinski definition) is 7. The average molecular weight is 979 g/mol. The summed E-state index contributed by atoms with van der Waals surface area (Å²) in [6.45, 7) is 4.36. The summed E-state index contributed by atoms with van der Waals surface area (Å²) in [6.07, 6.45) is 61.7. The number of ether oxygens (including phenoxy) is 2. The van der Waals surface area contributed by atoms with Crippen molar-refractivity contribution in [3.05, 3.63) is 48.6 Å². The van der Waals surface area contributed by atoms with Gasteiger partial charge in [0.25, 0.3) is 0 Å². The van der Waals surface area contributed by atoms with Crippen molar-refractivity contribution < 1.29 is 42.1 Å². The molecule has 10 heteroatoms. The predicted octanol–water partition coefficient (Wildman–Crippen LogP) is 17.4. The van der Waals surface area contributed by atoms with E-state index in [0.717, 1.165) is 57.8 Å². The van der Waals surface area contributed by atoms with Gasteiger partial charge in [0.2, 0.25) is 0 Å². The molecule has 2 unspecified atom stereocenters. The summed E-state index contributed by atoms with van der Waals surface area (Å²) in [5.74, 6) is -0.786. The minimum atomic E-state index is -4.38. The van der Waals surface area contributed by atoms with Crippen LogP contribution in [0, 0.1) is 0 Å². The maximum Gasteiger partial charge on any atom is 0.472 e. The van der Waals surface area contributed by atoms with Crippen LogP contribution in [0.5, 0.6) is 0 Å². The van der Waals surface area contributed by atoms with E-state index in [9.17, 15) is 19.0 Å². The zero-order valence-electron chi connectivity index (χ0n) is 45.1. The second kappa shape index (κ2) is 49.9. The van der Waals surface area contributed by atoms with Crippen molar-refractivity contribution in [2.45, 2.75) is 264 Å². The molecule has 0 aliphatic rings. The summed E-state index contributed by atoms with van der Waals surface area (Å²) in [7, 11) is 1.49. The summed E-state index contributed by atoms with van der Waals surface area (Å²) in [4.78, 5) is 35.6. The van der Waals surface area contributed by atoms with E-state index in [0.29, 0.717) is 23.9 Å². The molecular weight excluding hydrogens is 870 g/mol. The zero-order valence-corrected chi connectivity index (χ0v) is 46.0. The van der Waals surface area contributed by atoms with Crippen LogP contribution in [0.15, 0.2) is 48.6 Å². The van der Waals surface area contributed by atoms with Gasteiger partial charge in [-0.2, -0.15) is 0 Å². The quantitative estimate of drug-likeness (QED) is 0.0211. The molecule has 0 aliphatic carbocycles. The largest absolute Gasteiger partial charge is 0.472 e. The number of likely N-dealkylation sites (N-methyl/N-ethyl adjacent to an activating group) is 1. The van der Waals surface area contributed by atoms with Crippen LogP contribution in [0.2, 0.25) is 0 Å². The van der Waals surface area contributed by atoms with Crippen molar-refractivity contribution in [1.82, 2.24) is 0 Å². The number of carbonyl (C=O) groups excluding carboxylic acids is 2. The fourth-order valence-electron chi connectivity index (χ4n) is 8.01. The van der Waals surface area contributed by atoms with Gasteiger partial charge >= 0.3 is 19.8 Å². The Morgan fingerprint density at radius 1 is 0.471 bits per heavy atom. The van der Waals surface area contributed by atoms with Crippen LogP contribution in [0.4, 0.5) is 0 Å². The molecule has 0 aliphatic heterocycles. The molecule has 398 valence electrons. The van der Waals surface area contributed by atoms with E-state index in [-0.39, 0.29) is 25.6 Å². The molecule has 2 atom stereocenters. The van der Waals surface area contributed by atoms with Crippen molar-refractivity contribution >= 4 is 19.8 Å². The molecule has 0 radical (unpaired) electrons. The van der Waals surface area contributed by atoms with Gasteiger partial charge in [0.05, 0.1) is 27.7 Å². The maximum atomic E-state index is 12.8. The van der Waals surface area contributed by atoms with Crippen molar-refractivity contribution in [3.8, 4) is 0 Å². The normalized spacial score (nSPS) is 13.7. The Balaban J connectivity index is 4.13. The SMILES string of the molecule is CC/C=C\C/C=C\C/C=C\C/C=C\CCCCCCCCCCCCCCCCC(=O)OC(COC(=O)CCCCCCCCCCCCCCCCCCC)COP(=O)(O)OCC[N+](C)(C)C. The molecule has 9 nitrogen and oxygen atoms in total. The van der Waals surface area contributed by atoms with Crippen molar-refractivity contribution in [3.63, 3.8) is 0 Å². The lowest BCUT2D eigenvalue weighted by Gasteiger charge is -2.24. The molecule has 0 fully saturated rings. The average Bonchev–Trinajstić information content (AvgIpc) is 3.30. The second-order valence-corrected chi connectivity index (χ2v) is 21.8. The monoisotopic (exact) mass is 979 g/mol. The van der Waals surface area contributed by atoms with E-state index in [2.05, 4.69) is 62.5 Å². The highest BCUT2D eigenvalue weighted by molar-refractivity contribution is 7.47. The van der Waals surface area contributed by atoms with Crippen LogP contribution in [0.3, 0.4) is 0 Å². The van der Waals surface area contributed by atoms with Crippen LogP contribution in [-0.4, -0.2) is 74.9 Å². The fraction of sp³-hybridized carbons (Fsp3) is 0.828. The van der Waals surface area contributed by atoms with Crippen molar-refractivity contribution in [2.24, 2.45) is 0 Å². The summed E-state index contributed by atoms with van der Waals surface area (Å²) < 4.78 is 34.6. The minimum Gasteiger partial charge on any atom is -0.462 e. The van der Waals surface area contributed by atoms with E-state index in [1.165, 1.54) is 167 Å². The lowest BCUT2D eigenvalue weighted by molar-refractivity contribution is -0.870. The van der Waals surface area contributed by atoms with E-state index in [1.54, 1.807) is 0 Å². The fourth-order valence-corrected chi connectivity index (χ4v) is 8.75. The van der Waals surface area contributed by atoms with Gasteiger partial charge in [-0.25, -0.2) is 4.57 Å². The number of rotatable bonds is 52. The molecule has 0 saturated heterocycles. The molecule has 0 amide bonds. The van der Waals surface area contributed by atoms with E-state index < -0.39 is 26.5 Å². The zero-order chi connectivity index (χ0) is 49.9. The summed E-state index contributed by atoms with van der Waals surface area (Å²) in [6, 6.07) is 0. The molecule has 0 aromatic carbocycles.